The minimum absolute atomic E-state index is 0.00155. The SMILES string of the molecule is C=C(/C=C\C(=C/C)C(=O)N1CCN(C)CC1)Nc1nccc(-c2ccc(S(=O)(=O)N(C)c3ccccc3)cc2)n1. The first-order valence-electron chi connectivity index (χ1n) is 12.9. The van der Waals surface area contributed by atoms with Gasteiger partial charge in [-0.25, -0.2) is 18.4 Å². The van der Waals surface area contributed by atoms with Crippen LogP contribution in [0.3, 0.4) is 0 Å². The lowest BCUT2D eigenvalue weighted by Crippen LogP contribution is -2.47. The number of anilines is 2. The molecule has 10 heteroatoms. The Morgan fingerprint density at radius 3 is 2.33 bits per heavy atom. The summed E-state index contributed by atoms with van der Waals surface area (Å²) in [4.78, 5) is 25.9. The summed E-state index contributed by atoms with van der Waals surface area (Å²) in [5, 5.41) is 3.06. The normalized spacial score (nSPS) is 14.8. The summed E-state index contributed by atoms with van der Waals surface area (Å²) >= 11 is 0. The maximum absolute atomic E-state index is 13.1. The number of para-hydroxylation sites is 1. The van der Waals surface area contributed by atoms with Crippen LogP contribution in [0.25, 0.3) is 11.3 Å². The highest BCUT2D eigenvalue weighted by Gasteiger charge is 2.22. The third-order valence-corrected chi connectivity index (χ3v) is 8.47. The maximum atomic E-state index is 13.1. The van der Waals surface area contributed by atoms with Crippen LogP contribution in [0.4, 0.5) is 11.6 Å². The third kappa shape index (κ3) is 6.83. The summed E-state index contributed by atoms with van der Waals surface area (Å²) in [6.07, 6.45) is 6.88. The molecule has 1 aliphatic rings. The van der Waals surface area contributed by atoms with Crippen molar-refractivity contribution >= 4 is 27.6 Å². The molecule has 1 fully saturated rings. The van der Waals surface area contributed by atoms with E-state index in [1.165, 1.54) is 11.4 Å². The van der Waals surface area contributed by atoms with E-state index in [9.17, 15) is 13.2 Å². The summed E-state index contributed by atoms with van der Waals surface area (Å²) < 4.78 is 27.4. The fourth-order valence-corrected chi connectivity index (χ4v) is 5.37. The van der Waals surface area contributed by atoms with E-state index in [-0.39, 0.29) is 10.8 Å². The van der Waals surface area contributed by atoms with Crippen LogP contribution in [-0.2, 0) is 14.8 Å². The molecule has 0 spiro atoms. The highest BCUT2D eigenvalue weighted by molar-refractivity contribution is 7.92. The molecule has 208 valence electrons. The number of carbonyl (C=O) groups excluding carboxylic acids is 1. The summed E-state index contributed by atoms with van der Waals surface area (Å²) in [5.74, 6) is 0.332. The van der Waals surface area contributed by atoms with Crippen LogP contribution < -0.4 is 9.62 Å². The molecule has 1 aliphatic heterocycles. The van der Waals surface area contributed by atoms with E-state index in [1.54, 1.807) is 79.0 Å². The lowest BCUT2D eigenvalue weighted by molar-refractivity contribution is -0.128. The smallest absolute Gasteiger partial charge is 0.264 e. The highest BCUT2D eigenvalue weighted by atomic mass is 32.2. The van der Waals surface area contributed by atoms with Crippen LogP contribution >= 0.6 is 0 Å². The molecule has 4 rings (SSSR count). The van der Waals surface area contributed by atoms with E-state index >= 15 is 0 Å². The maximum Gasteiger partial charge on any atom is 0.264 e. The van der Waals surface area contributed by atoms with Gasteiger partial charge in [-0.2, -0.15) is 0 Å². The second kappa shape index (κ2) is 12.7. The van der Waals surface area contributed by atoms with Crippen molar-refractivity contribution in [3.8, 4) is 11.3 Å². The zero-order valence-corrected chi connectivity index (χ0v) is 23.8. The van der Waals surface area contributed by atoms with Crippen molar-refractivity contribution in [2.75, 3.05) is 49.9 Å². The van der Waals surface area contributed by atoms with Gasteiger partial charge in [-0.15, -0.1) is 0 Å². The van der Waals surface area contributed by atoms with Gasteiger partial charge in [-0.1, -0.05) is 43.0 Å². The fraction of sp³-hybridized carbons (Fsp3) is 0.233. The molecule has 0 unspecified atom stereocenters. The predicted molar refractivity (Wildman–Crippen MR) is 159 cm³/mol. The van der Waals surface area contributed by atoms with Crippen molar-refractivity contribution in [2.24, 2.45) is 0 Å². The van der Waals surface area contributed by atoms with Gasteiger partial charge in [0.2, 0.25) is 5.95 Å². The van der Waals surface area contributed by atoms with E-state index in [4.69, 9.17) is 0 Å². The fourth-order valence-electron chi connectivity index (χ4n) is 4.17. The number of benzene rings is 2. The van der Waals surface area contributed by atoms with Gasteiger partial charge >= 0.3 is 0 Å². The van der Waals surface area contributed by atoms with E-state index in [2.05, 4.69) is 33.8 Å². The van der Waals surface area contributed by atoms with Crippen molar-refractivity contribution in [1.29, 1.82) is 0 Å². The van der Waals surface area contributed by atoms with Gasteiger partial charge in [0.15, 0.2) is 0 Å². The van der Waals surface area contributed by atoms with Gasteiger partial charge in [0, 0.05) is 56.3 Å². The summed E-state index contributed by atoms with van der Waals surface area (Å²) in [7, 11) is -0.128. The first-order valence-corrected chi connectivity index (χ1v) is 14.4. The van der Waals surface area contributed by atoms with Gasteiger partial charge in [-0.3, -0.25) is 9.10 Å². The Kier molecular flexibility index (Phi) is 9.13. The summed E-state index contributed by atoms with van der Waals surface area (Å²) in [6.45, 7) is 8.98. The van der Waals surface area contributed by atoms with E-state index in [0.29, 0.717) is 41.7 Å². The molecule has 1 N–H and O–H groups in total. The number of amides is 1. The topological polar surface area (TPSA) is 98.7 Å². The molecule has 1 saturated heterocycles. The van der Waals surface area contributed by atoms with E-state index in [0.717, 1.165) is 18.7 Å². The van der Waals surface area contributed by atoms with Crippen molar-refractivity contribution in [3.63, 3.8) is 0 Å². The molecule has 1 aromatic heterocycles. The van der Waals surface area contributed by atoms with Gasteiger partial charge in [-0.05, 0) is 56.5 Å². The Hall–Kier alpha value is -4.28. The molecule has 0 bridgehead atoms. The molecule has 1 amide bonds. The summed E-state index contributed by atoms with van der Waals surface area (Å²) in [6, 6.07) is 17.2. The molecule has 2 heterocycles. The van der Waals surface area contributed by atoms with Crippen LogP contribution in [0.2, 0.25) is 0 Å². The van der Waals surface area contributed by atoms with Crippen LogP contribution in [0.15, 0.2) is 108 Å². The van der Waals surface area contributed by atoms with E-state index < -0.39 is 10.0 Å². The first-order chi connectivity index (χ1) is 19.2. The molecular weight excluding hydrogens is 524 g/mol. The van der Waals surface area contributed by atoms with Crippen LogP contribution in [0.5, 0.6) is 0 Å². The molecule has 40 heavy (non-hydrogen) atoms. The first kappa shape index (κ1) is 28.7. The predicted octanol–water partition coefficient (Wildman–Crippen LogP) is 4.17. The molecule has 0 radical (unpaired) electrons. The minimum atomic E-state index is -3.71. The van der Waals surface area contributed by atoms with Crippen molar-refractivity contribution in [2.45, 2.75) is 11.8 Å². The van der Waals surface area contributed by atoms with Gasteiger partial charge in [0.05, 0.1) is 16.3 Å². The number of likely N-dealkylation sites (N-methyl/N-ethyl adjacent to an activating group) is 1. The monoisotopic (exact) mass is 558 g/mol. The van der Waals surface area contributed by atoms with Gasteiger partial charge in [0.1, 0.15) is 0 Å². The Morgan fingerprint density at radius 2 is 1.68 bits per heavy atom. The van der Waals surface area contributed by atoms with Gasteiger partial charge < -0.3 is 15.1 Å². The highest BCUT2D eigenvalue weighted by Crippen LogP contribution is 2.25. The van der Waals surface area contributed by atoms with Crippen LogP contribution in [0, 0.1) is 0 Å². The number of hydrogen-bond acceptors (Lipinski definition) is 7. The number of carbonyl (C=O) groups is 1. The number of sulfonamides is 1. The van der Waals surface area contributed by atoms with Crippen molar-refractivity contribution in [3.05, 3.63) is 103 Å². The third-order valence-electron chi connectivity index (χ3n) is 6.67. The number of nitrogens with zero attached hydrogens (tertiary/aromatic N) is 5. The number of aromatic nitrogens is 2. The molecule has 0 aliphatic carbocycles. The Bertz CT molecular complexity index is 1510. The molecule has 0 atom stereocenters. The average Bonchev–Trinajstić information content (AvgIpc) is 2.98. The van der Waals surface area contributed by atoms with Gasteiger partial charge in [0.25, 0.3) is 15.9 Å². The minimum Gasteiger partial charge on any atom is -0.336 e. The molecule has 9 nitrogen and oxygen atoms in total. The lowest BCUT2D eigenvalue weighted by Gasteiger charge is -2.32. The largest absolute Gasteiger partial charge is 0.336 e. The zero-order chi connectivity index (χ0) is 28.7. The molecule has 0 saturated carbocycles. The van der Waals surface area contributed by atoms with Crippen molar-refractivity contribution < 1.29 is 13.2 Å². The number of rotatable bonds is 9. The average molecular weight is 559 g/mol. The quantitative estimate of drug-likeness (QED) is 0.311. The molecule has 3 aromatic rings. The number of hydrogen-bond donors (Lipinski definition) is 1. The number of nitrogens with one attached hydrogen (secondary N) is 1. The second-order valence-corrected chi connectivity index (χ2v) is 11.4. The zero-order valence-electron chi connectivity index (χ0n) is 23.0. The second-order valence-electron chi connectivity index (χ2n) is 9.42. The Morgan fingerprint density at radius 1 is 1.00 bits per heavy atom. The molecular formula is C30H34N6O3S. The standard InChI is InChI=1S/C30H34N6O3S/c1-5-24(29(37)36-21-19-34(3)20-22-36)12-11-23(2)32-30-31-18-17-28(33-30)25-13-15-27(16-14-25)40(38,39)35(4)26-9-7-6-8-10-26/h5-18H,2,19-22H2,1,3-4H3,(H,31,32,33)/b12-11-,24-5+. The number of piperazine rings is 1. The van der Waals surface area contributed by atoms with E-state index in [1.807, 2.05) is 17.9 Å². The molecule has 2 aromatic carbocycles. The Balaban J connectivity index is 1.41. The van der Waals surface area contributed by atoms with Crippen LogP contribution in [0.1, 0.15) is 6.92 Å². The number of allylic oxidation sites excluding steroid dienone is 2. The van der Waals surface area contributed by atoms with Crippen LogP contribution in [-0.4, -0.2) is 74.4 Å². The lowest BCUT2D eigenvalue weighted by atomic mass is 10.1. The van der Waals surface area contributed by atoms with Crippen molar-refractivity contribution in [1.82, 2.24) is 19.8 Å². The Labute approximate surface area is 236 Å². The summed E-state index contributed by atoms with van der Waals surface area (Å²) in [5.41, 5.74) is 3.05.